The van der Waals surface area contributed by atoms with Crippen molar-refractivity contribution in [2.24, 2.45) is 0 Å². The molecule has 4 aromatic rings. The first-order valence-electron chi connectivity index (χ1n) is 8.42. The summed E-state index contributed by atoms with van der Waals surface area (Å²) in [5.41, 5.74) is 0.645. The zero-order chi connectivity index (χ0) is 20.4. The number of nitrogens with zero attached hydrogens (tertiary/aromatic N) is 3. The van der Waals surface area contributed by atoms with Gasteiger partial charge in [0.15, 0.2) is 0 Å². The first-order chi connectivity index (χ1) is 14.0. The van der Waals surface area contributed by atoms with Crippen LogP contribution in [0.15, 0.2) is 75.9 Å². The van der Waals surface area contributed by atoms with Gasteiger partial charge in [0.05, 0.1) is 4.92 Å². The number of hydrogen-bond acceptors (Lipinski definition) is 7. The van der Waals surface area contributed by atoms with Gasteiger partial charge in [-0.15, -0.1) is 0 Å². The number of nitriles is 1. The minimum absolute atomic E-state index is 0.00746. The molecule has 0 aliphatic rings. The maximum Gasteiger partial charge on any atom is 0.336 e. The van der Waals surface area contributed by atoms with Gasteiger partial charge in [-0.05, 0) is 23.3 Å². The lowest BCUT2D eigenvalue weighted by Gasteiger charge is -2.08. The third-order valence-corrected chi connectivity index (χ3v) is 4.17. The van der Waals surface area contributed by atoms with E-state index in [1.54, 1.807) is 18.2 Å². The molecule has 0 fully saturated rings. The van der Waals surface area contributed by atoms with Gasteiger partial charge in [-0.2, -0.15) is 10.2 Å². The normalized spacial score (nSPS) is 10.4. The fourth-order valence-electron chi connectivity index (χ4n) is 2.90. The van der Waals surface area contributed by atoms with Crippen molar-refractivity contribution in [2.45, 2.75) is 0 Å². The molecule has 0 saturated heterocycles. The molecular weight excluding hydrogens is 374 g/mol. The Morgan fingerprint density at radius 3 is 2.59 bits per heavy atom. The second-order valence-corrected chi connectivity index (χ2v) is 5.99. The minimum Gasteiger partial charge on any atom is -0.439 e. The van der Waals surface area contributed by atoms with Gasteiger partial charge in [0, 0.05) is 29.7 Å². The average Bonchev–Trinajstić information content (AvgIpc) is 2.73. The Morgan fingerprint density at radius 1 is 1.07 bits per heavy atom. The molecule has 0 radical (unpaired) electrons. The molecule has 29 heavy (non-hydrogen) atoms. The summed E-state index contributed by atoms with van der Waals surface area (Å²) in [6, 6.07) is 19.9. The lowest BCUT2D eigenvalue weighted by atomic mass is 10.0. The standard InChI is InChI=1S/C21H11N3O5/c22-12-17-18(24(26)27)8-9-20(23-17)28-14-6-7-15-16(13-4-2-1-3-5-13)11-21(25)29-19(15)10-14/h1-11H. The fraction of sp³-hybridized carbons (Fsp3) is 0. The largest absolute Gasteiger partial charge is 0.439 e. The Kier molecular flexibility index (Phi) is 4.47. The van der Waals surface area contributed by atoms with Gasteiger partial charge >= 0.3 is 11.3 Å². The highest BCUT2D eigenvalue weighted by molar-refractivity contribution is 5.93. The number of benzene rings is 2. The number of pyridine rings is 1. The number of rotatable bonds is 4. The SMILES string of the molecule is N#Cc1nc(Oc2ccc3c(-c4ccccc4)cc(=O)oc3c2)ccc1[N+](=O)[O-]. The summed E-state index contributed by atoms with van der Waals surface area (Å²) in [5, 5.41) is 20.7. The molecule has 0 bridgehead atoms. The molecule has 0 spiro atoms. The van der Waals surface area contributed by atoms with Gasteiger partial charge in [-0.1, -0.05) is 30.3 Å². The summed E-state index contributed by atoms with van der Waals surface area (Å²) in [6.45, 7) is 0. The number of nitro groups is 1. The summed E-state index contributed by atoms with van der Waals surface area (Å²) in [7, 11) is 0. The molecular formula is C21H11N3O5. The molecule has 2 aromatic heterocycles. The highest BCUT2D eigenvalue weighted by Crippen LogP contribution is 2.31. The first kappa shape index (κ1) is 17.9. The van der Waals surface area contributed by atoms with Crippen LogP contribution in [-0.2, 0) is 0 Å². The van der Waals surface area contributed by atoms with Gasteiger partial charge in [-0.25, -0.2) is 4.79 Å². The molecule has 140 valence electrons. The fourth-order valence-corrected chi connectivity index (χ4v) is 2.90. The zero-order valence-electron chi connectivity index (χ0n) is 14.7. The average molecular weight is 385 g/mol. The van der Waals surface area contributed by atoms with E-state index >= 15 is 0 Å². The van der Waals surface area contributed by atoms with Crippen LogP contribution >= 0.6 is 0 Å². The van der Waals surface area contributed by atoms with Crippen molar-refractivity contribution < 1.29 is 14.1 Å². The van der Waals surface area contributed by atoms with Crippen molar-refractivity contribution in [3.63, 3.8) is 0 Å². The van der Waals surface area contributed by atoms with E-state index in [1.807, 2.05) is 30.3 Å². The molecule has 0 amide bonds. The van der Waals surface area contributed by atoms with Crippen LogP contribution in [-0.4, -0.2) is 9.91 Å². The molecule has 0 aliphatic carbocycles. The lowest BCUT2D eigenvalue weighted by Crippen LogP contribution is -1.99. The third kappa shape index (κ3) is 3.52. The van der Waals surface area contributed by atoms with Crippen LogP contribution in [0, 0.1) is 21.4 Å². The van der Waals surface area contributed by atoms with Gasteiger partial charge in [0.1, 0.15) is 17.4 Å². The van der Waals surface area contributed by atoms with Crippen molar-refractivity contribution in [2.75, 3.05) is 0 Å². The molecule has 4 rings (SSSR count). The minimum atomic E-state index is -0.689. The summed E-state index contributed by atoms with van der Waals surface area (Å²) >= 11 is 0. The number of aromatic nitrogens is 1. The summed E-state index contributed by atoms with van der Waals surface area (Å²) in [5.74, 6) is 0.309. The van der Waals surface area contributed by atoms with Crippen molar-refractivity contribution in [1.29, 1.82) is 5.26 Å². The van der Waals surface area contributed by atoms with E-state index in [0.717, 1.165) is 22.6 Å². The Hall–Kier alpha value is -4.51. The molecule has 0 saturated carbocycles. The Morgan fingerprint density at radius 2 is 1.86 bits per heavy atom. The van der Waals surface area contributed by atoms with E-state index in [-0.39, 0.29) is 11.6 Å². The van der Waals surface area contributed by atoms with Crippen LogP contribution in [0.25, 0.3) is 22.1 Å². The molecule has 2 heterocycles. The van der Waals surface area contributed by atoms with E-state index in [9.17, 15) is 14.9 Å². The topological polar surface area (TPSA) is 119 Å². The van der Waals surface area contributed by atoms with Crippen LogP contribution in [0.1, 0.15) is 5.69 Å². The van der Waals surface area contributed by atoms with E-state index in [0.29, 0.717) is 11.3 Å². The maximum absolute atomic E-state index is 12.0. The molecule has 0 atom stereocenters. The Bertz CT molecular complexity index is 1340. The quantitative estimate of drug-likeness (QED) is 0.289. The van der Waals surface area contributed by atoms with Gasteiger partial charge in [0.2, 0.25) is 11.6 Å². The predicted molar refractivity (Wildman–Crippen MR) is 104 cm³/mol. The van der Waals surface area contributed by atoms with Crippen molar-refractivity contribution in [3.8, 4) is 28.8 Å². The van der Waals surface area contributed by atoms with E-state index < -0.39 is 16.2 Å². The molecule has 0 N–H and O–H groups in total. The third-order valence-electron chi connectivity index (χ3n) is 4.17. The summed E-state index contributed by atoms with van der Waals surface area (Å²) < 4.78 is 10.9. The highest BCUT2D eigenvalue weighted by Gasteiger charge is 2.17. The number of fused-ring (bicyclic) bond motifs is 1. The van der Waals surface area contributed by atoms with Crippen LogP contribution in [0.3, 0.4) is 0 Å². The van der Waals surface area contributed by atoms with Crippen LogP contribution in [0.2, 0.25) is 0 Å². The maximum atomic E-state index is 12.0. The second kappa shape index (κ2) is 7.25. The number of ether oxygens (including phenoxy) is 1. The molecule has 8 nitrogen and oxygen atoms in total. The van der Waals surface area contributed by atoms with Crippen LogP contribution < -0.4 is 10.4 Å². The van der Waals surface area contributed by atoms with E-state index in [4.69, 9.17) is 14.4 Å². The lowest BCUT2D eigenvalue weighted by molar-refractivity contribution is -0.385. The van der Waals surface area contributed by atoms with Gasteiger partial charge in [-0.3, -0.25) is 10.1 Å². The summed E-state index contributed by atoms with van der Waals surface area (Å²) in [4.78, 5) is 26.1. The summed E-state index contributed by atoms with van der Waals surface area (Å²) in [6.07, 6.45) is 0. The monoisotopic (exact) mass is 385 g/mol. The molecule has 0 unspecified atom stereocenters. The van der Waals surface area contributed by atoms with E-state index in [2.05, 4.69) is 4.98 Å². The highest BCUT2D eigenvalue weighted by atomic mass is 16.6. The van der Waals surface area contributed by atoms with Crippen molar-refractivity contribution in [1.82, 2.24) is 4.98 Å². The Balaban J connectivity index is 1.75. The van der Waals surface area contributed by atoms with Crippen LogP contribution in [0.5, 0.6) is 11.6 Å². The second-order valence-electron chi connectivity index (χ2n) is 5.99. The number of hydrogen-bond donors (Lipinski definition) is 0. The van der Waals surface area contributed by atoms with Gasteiger partial charge in [0.25, 0.3) is 0 Å². The van der Waals surface area contributed by atoms with Crippen LogP contribution in [0.4, 0.5) is 5.69 Å². The molecule has 2 aromatic carbocycles. The first-order valence-corrected chi connectivity index (χ1v) is 8.42. The smallest absolute Gasteiger partial charge is 0.336 e. The van der Waals surface area contributed by atoms with Gasteiger partial charge < -0.3 is 9.15 Å². The zero-order valence-corrected chi connectivity index (χ0v) is 14.7. The predicted octanol–water partition coefficient (Wildman–Crippen LogP) is 4.43. The van der Waals surface area contributed by atoms with Crippen molar-refractivity contribution >= 4 is 16.7 Å². The van der Waals surface area contributed by atoms with Crippen molar-refractivity contribution in [3.05, 3.63) is 93.0 Å². The molecule has 0 aliphatic heterocycles. The van der Waals surface area contributed by atoms with E-state index in [1.165, 1.54) is 18.2 Å². The Labute approximate surface area is 163 Å². The molecule has 8 heteroatoms.